The van der Waals surface area contributed by atoms with Crippen LogP contribution in [0.5, 0.6) is 0 Å². The summed E-state index contributed by atoms with van der Waals surface area (Å²) in [5.41, 5.74) is 10.2. The first-order chi connectivity index (χ1) is 12.5. The summed E-state index contributed by atoms with van der Waals surface area (Å²) in [6, 6.07) is -0.998. The average Bonchev–Trinajstić information content (AvgIpc) is 2.58. The van der Waals surface area contributed by atoms with Crippen LogP contribution in [0, 0.1) is 0 Å². The maximum atomic E-state index is 11.8. The molecular weight excluding hydrogens is 330 g/mol. The van der Waals surface area contributed by atoms with E-state index >= 15 is 0 Å². The van der Waals surface area contributed by atoms with Gasteiger partial charge in [-0.15, -0.1) is 0 Å². The number of hydrogen-bond acceptors (Lipinski definition) is 3. The lowest BCUT2D eigenvalue weighted by Gasteiger charge is -2.13. The minimum Gasteiger partial charge on any atom is -0.370 e. The molecule has 0 spiro atoms. The first kappa shape index (κ1) is 24.4. The Hall–Kier alpha value is -1.59. The van der Waals surface area contributed by atoms with Crippen LogP contribution in [0.1, 0.15) is 103 Å². The molecule has 0 rings (SSSR count). The molecule has 0 radical (unpaired) electrons. The van der Waals surface area contributed by atoms with Crippen molar-refractivity contribution in [1.82, 2.24) is 5.32 Å². The summed E-state index contributed by atoms with van der Waals surface area (Å²) in [5.74, 6) is -1.64. The Labute approximate surface area is 158 Å². The van der Waals surface area contributed by atoms with Crippen molar-refractivity contribution < 1.29 is 14.4 Å². The van der Waals surface area contributed by atoms with Crippen LogP contribution in [0.4, 0.5) is 0 Å². The third-order valence-corrected chi connectivity index (χ3v) is 4.59. The molecule has 0 aliphatic carbocycles. The van der Waals surface area contributed by atoms with E-state index in [-0.39, 0.29) is 12.3 Å². The second-order valence-electron chi connectivity index (χ2n) is 7.19. The molecule has 26 heavy (non-hydrogen) atoms. The fourth-order valence-electron chi connectivity index (χ4n) is 2.99. The summed E-state index contributed by atoms with van der Waals surface area (Å²) in [4.78, 5) is 33.8. The van der Waals surface area contributed by atoms with Gasteiger partial charge in [-0.1, -0.05) is 84.0 Å². The Bertz CT molecular complexity index is 400. The van der Waals surface area contributed by atoms with E-state index in [1.807, 2.05) is 0 Å². The summed E-state index contributed by atoms with van der Waals surface area (Å²) in [6.07, 6.45) is 16.3. The highest BCUT2D eigenvalue weighted by Crippen LogP contribution is 2.12. The number of hydrogen-bond donors (Lipinski definition) is 3. The fraction of sp³-hybridized carbons (Fsp3) is 0.850. The predicted octanol–water partition coefficient (Wildman–Crippen LogP) is 3.31. The molecule has 0 aromatic carbocycles. The monoisotopic (exact) mass is 369 g/mol. The largest absolute Gasteiger partial charge is 0.370 e. The highest BCUT2D eigenvalue weighted by molar-refractivity contribution is 5.90. The van der Waals surface area contributed by atoms with Gasteiger partial charge in [0.1, 0.15) is 6.04 Å². The van der Waals surface area contributed by atoms with Crippen LogP contribution in [-0.4, -0.2) is 23.8 Å². The Morgan fingerprint density at radius 3 is 1.54 bits per heavy atom. The molecule has 5 N–H and O–H groups in total. The first-order valence-corrected chi connectivity index (χ1v) is 10.3. The van der Waals surface area contributed by atoms with Crippen molar-refractivity contribution in [2.45, 2.75) is 109 Å². The number of nitrogens with one attached hydrogen (secondary N) is 1. The Morgan fingerprint density at radius 1 is 0.731 bits per heavy atom. The highest BCUT2D eigenvalue weighted by atomic mass is 16.2. The lowest BCUT2D eigenvalue weighted by atomic mass is 10.0. The zero-order valence-electron chi connectivity index (χ0n) is 16.6. The molecule has 0 aromatic rings. The zero-order valence-corrected chi connectivity index (χ0v) is 16.6. The van der Waals surface area contributed by atoms with Gasteiger partial charge < -0.3 is 16.8 Å². The molecule has 0 saturated heterocycles. The quantitative estimate of drug-likeness (QED) is 0.322. The van der Waals surface area contributed by atoms with Crippen molar-refractivity contribution in [2.75, 3.05) is 0 Å². The van der Waals surface area contributed by atoms with Gasteiger partial charge in [0, 0.05) is 6.42 Å². The van der Waals surface area contributed by atoms with Crippen LogP contribution in [0.3, 0.4) is 0 Å². The van der Waals surface area contributed by atoms with Gasteiger partial charge in [0.2, 0.25) is 17.7 Å². The summed E-state index contributed by atoms with van der Waals surface area (Å²) in [7, 11) is 0. The molecule has 0 bridgehead atoms. The second kappa shape index (κ2) is 16.9. The minimum absolute atomic E-state index is 0.250. The van der Waals surface area contributed by atoms with Crippen LogP contribution in [0.15, 0.2) is 0 Å². The number of primary amides is 2. The summed E-state index contributed by atoms with van der Waals surface area (Å²) < 4.78 is 0. The molecule has 3 amide bonds. The molecule has 152 valence electrons. The molecule has 6 heteroatoms. The van der Waals surface area contributed by atoms with Crippen LogP contribution >= 0.6 is 0 Å². The van der Waals surface area contributed by atoms with Gasteiger partial charge in [0.15, 0.2) is 0 Å². The van der Waals surface area contributed by atoms with E-state index < -0.39 is 17.9 Å². The lowest BCUT2D eigenvalue weighted by molar-refractivity contribution is -0.129. The van der Waals surface area contributed by atoms with Crippen LogP contribution in [0.2, 0.25) is 0 Å². The fourth-order valence-corrected chi connectivity index (χ4v) is 2.99. The second-order valence-corrected chi connectivity index (χ2v) is 7.19. The molecular formula is C20H39N3O3. The van der Waals surface area contributed by atoms with E-state index in [1.54, 1.807) is 0 Å². The Kier molecular flexibility index (Phi) is 15.8. The van der Waals surface area contributed by atoms with Gasteiger partial charge in [-0.25, -0.2) is 0 Å². The van der Waals surface area contributed by atoms with Crippen molar-refractivity contribution in [3.8, 4) is 0 Å². The van der Waals surface area contributed by atoms with Gasteiger partial charge in [-0.05, 0) is 6.42 Å². The SMILES string of the molecule is CCCCCCCCCCCCCCCC(=O)N[C@@H](CC(N)=O)C(N)=O. The smallest absolute Gasteiger partial charge is 0.240 e. The Balaban J connectivity index is 3.47. The van der Waals surface area contributed by atoms with E-state index in [0.29, 0.717) is 6.42 Å². The average molecular weight is 370 g/mol. The van der Waals surface area contributed by atoms with E-state index in [4.69, 9.17) is 11.5 Å². The molecule has 1 atom stereocenters. The number of carbonyl (C=O) groups is 3. The molecule has 0 heterocycles. The number of amides is 3. The maximum absolute atomic E-state index is 11.8. The molecule has 0 aliphatic heterocycles. The standard InChI is InChI=1S/C20H39N3O3/c1-2-3-4-5-6-7-8-9-10-11-12-13-14-15-19(25)23-17(20(22)26)16-18(21)24/h17H,2-16H2,1H3,(H2,21,24)(H2,22,26)(H,23,25)/t17-/m0/s1. The predicted molar refractivity (Wildman–Crippen MR) is 105 cm³/mol. The Morgan fingerprint density at radius 2 is 1.15 bits per heavy atom. The van der Waals surface area contributed by atoms with Crippen LogP contribution in [-0.2, 0) is 14.4 Å². The molecule has 0 unspecified atom stereocenters. The molecule has 6 nitrogen and oxygen atoms in total. The van der Waals surface area contributed by atoms with Crippen molar-refractivity contribution in [1.29, 1.82) is 0 Å². The van der Waals surface area contributed by atoms with Crippen LogP contribution < -0.4 is 16.8 Å². The van der Waals surface area contributed by atoms with E-state index in [1.165, 1.54) is 64.2 Å². The van der Waals surface area contributed by atoms with Gasteiger partial charge in [-0.2, -0.15) is 0 Å². The van der Waals surface area contributed by atoms with Crippen molar-refractivity contribution in [3.05, 3.63) is 0 Å². The number of nitrogens with two attached hydrogens (primary N) is 2. The molecule has 0 aromatic heterocycles. The zero-order chi connectivity index (χ0) is 19.6. The van der Waals surface area contributed by atoms with Crippen molar-refractivity contribution in [2.24, 2.45) is 11.5 Å². The van der Waals surface area contributed by atoms with Crippen molar-refractivity contribution >= 4 is 17.7 Å². The number of carbonyl (C=O) groups excluding carboxylic acids is 3. The summed E-state index contributed by atoms with van der Waals surface area (Å²) in [6.45, 7) is 2.24. The summed E-state index contributed by atoms with van der Waals surface area (Å²) in [5, 5.41) is 2.48. The van der Waals surface area contributed by atoms with Gasteiger partial charge >= 0.3 is 0 Å². The minimum atomic E-state index is -0.998. The maximum Gasteiger partial charge on any atom is 0.240 e. The van der Waals surface area contributed by atoms with E-state index in [9.17, 15) is 14.4 Å². The number of unbranched alkanes of at least 4 members (excludes halogenated alkanes) is 12. The highest BCUT2D eigenvalue weighted by Gasteiger charge is 2.19. The number of rotatable bonds is 18. The van der Waals surface area contributed by atoms with Gasteiger partial charge in [0.05, 0.1) is 6.42 Å². The van der Waals surface area contributed by atoms with E-state index in [2.05, 4.69) is 12.2 Å². The summed E-state index contributed by atoms with van der Waals surface area (Å²) >= 11 is 0. The van der Waals surface area contributed by atoms with Crippen molar-refractivity contribution in [3.63, 3.8) is 0 Å². The lowest BCUT2D eigenvalue weighted by Crippen LogP contribution is -2.46. The van der Waals surface area contributed by atoms with Crippen LogP contribution in [0.25, 0.3) is 0 Å². The molecule has 0 fully saturated rings. The molecule has 0 aliphatic rings. The van der Waals surface area contributed by atoms with E-state index in [0.717, 1.165) is 19.3 Å². The topological polar surface area (TPSA) is 115 Å². The first-order valence-electron chi connectivity index (χ1n) is 10.3. The normalized spacial score (nSPS) is 11.9. The van der Waals surface area contributed by atoms with Gasteiger partial charge in [0.25, 0.3) is 0 Å². The molecule has 0 saturated carbocycles. The third kappa shape index (κ3) is 15.9. The third-order valence-electron chi connectivity index (χ3n) is 4.59. The van der Waals surface area contributed by atoms with Gasteiger partial charge in [-0.3, -0.25) is 14.4 Å².